The van der Waals surface area contributed by atoms with E-state index < -0.39 is 10.7 Å². The minimum atomic E-state index is -0.532. The molecule has 0 aliphatic heterocycles. The molecule has 0 bridgehead atoms. The molecule has 0 spiro atoms. The van der Waals surface area contributed by atoms with Crippen LogP contribution in [0.2, 0.25) is 0 Å². The van der Waals surface area contributed by atoms with Crippen LogP contribution in [0.5, 0.6) is 17.2 Å². The highest BCUT2D eigenvalue weighted by Crippen LogP contribution is 2.27. The number of para-hydroxylation sites is 2. The van der Waals surface area contributed by atoms with E-state index in [-0.39, 0.29) is 35.1 Å². The van der Waals surface area contributed by atoms with Gasteiger partial charge in [-0.15, -0.1) is 0 Å². The number of carbonyl (C=O) groups is 1. The number of ketones is 1. The van der Waals surface area contributed by atoms with Crippen molar-refractivity contribution < 1.29 is 29.1 Å². The third kappa shape index (κ3) is 4.36. The average molecular weight is 381 g/mol. The minimum Gasteiger partial charge on any atom is -0.508 e. The molecular formula is C20H15NO7. The Balaban J connectivity index is 1.65. The van der Waals surface area contributed by atoms with Crippen molar-refractivity contribution in [3.05, 3.63) is 87.9 Å². The van der Waals surface area contributed by atoms with Gasteiger partial charge in [0.25, 0.3) is 0 Å². The molecule has 0 unspecified atom stereocenters. The average Bonchev–Trinajstić information content (AvgIpc) is 3.12. The number of nitro benzene ring substituents is 1. The maximum atomic E-state index is 12.1. The third-order valence-corrected chi connectivity index (χ3v) is 3.76. The summed E-state index contributed by atoms with van der Waals surface area (Å²) in [4.78, 5) is 22.6. The van der Waals surface area contributed by atoms with Crippen molar-refractivity contribution in [1.29, 1.82) is 0 Å². The van der Waals surface area contributed by atoms with Crippen LogP contribution >= 0.6 is 0 Å². The van der Waals surface area contributed by atoms with Crippen LogP contribution in [0.3, 0.4) is 0 Å². The van der Waals surface area contributed by atoms with Crippen molar-refractivity contribution in [3.63, 3.8) is 0 Å². The van der Waals surface area contributed by atoms with Gasteiger partial charge in [0, 0.05) is 12.1 Å². The molecule has 0 saturated heterocycles. The summed E-state index contributed by atoms with van der Waals surface area (Å²) in [6, 6.07) is 12.9. The van der Waals surface area contributed by atoms with Crippen LogP contribution in [0.15, 0.2) is 65.1 Å². The number of benzene rings is 2. The molecule has 0 aliphatic rings. The summed E-state index contributed by atoms with van der Waals surface area (Å²) in [6.07, 6.45) is 2.64. The maximum Gasteiger partial charge on any atom is 0.310 e. The molecule has 1 heterocycles. The summed E-state index contributed by atoms with van der Waals surface area (Å²) in [5.74, 6) is -0.0314. The second-order valence-corrected chi connectivity index (χ2v) is 5.72. The molecule has 0 radical (unpaired) electrons. The van der Waals surface area contributed by atoms with Gasteiger partial charge in [-0.3, -0.25) is 14.9 Å². The molecule has 2 aromatic carbocycles. The zero-order valence-corrected chi connectivity index (χ0v) is 14.4. The van der Waals surface area contributed by atoms with E-state index >= 15 is 0 Å². The summed E-state index contributed by atoms with van der Waals surface area (Å²) in [6.45, 7) is -0.0224. The monoisotopic (exact) mass is 381 g/mol. The Hall–Kier alpha value is -4.07. The number of aromatic hydroxyl groups is 2. The Morgan fingerprint density at radius 3 is 2.68 bits per heavy atom. The van der Waals surface area contributed by atoms with Gasteiger partial charge >= 0.3 is 5.69 Å². The quantitative estimate of drug-likeness (QED) is 0.274. The number of hydrogen-bond acceptors (Lipinski definition) is 7. The first-order valence-corrected chi connectivity index (χ1v) is 8.13. The highest BCUT2D eigenvalue weighted by Gasteiger charge is 2.14. The van der Waals surface area contributed by atoms with Gasteiger partial charge in [0.15, 0.2) is 11.5 Å². The maximum absolute atomic E-state index is 12.1. The molecule has 142 valence electrons. The normalized spacial score (nSPS) is 10.9. The summed E-state index contributed by atoms with van der Waals surface area (Å²) in [5, 5.41) is 29.9. The number of allylic oxidation sites excluding steroid dienone is 1. The molecule has 1 aromatic heterocycles. The first-order chi connectivity index (χ1) is 13.4. The SMILES string of the molecule is O=C(/C=C/c1ccc(COc2ccccc2[N+](=O)[O-])o1)c1ccc(O)cc1O. The van der Waals surface area contributed by atoms with Crippen LogP contribution in [0.4, 0.5) is 5.69 Å². The fourth-order valence-corrected chi connectivity index (χ4v) is 2.42. The molecule has 28 heavy (non-hydrogen) atoms. The number of nitro groups is 1. The summed E-state index contributed by atoms with van der Waals surface area (Å²) in [7, 11) is 0. The van der Waals surface area contributed by atoms with Crippen molar-refractivity contribution in [2.45, 2.75) is 6.61 Å². The number of phenols is 2. The van der Waals surface area contributed by atoms with Crippen molar-refractivity contribution in [3.8, 4) is 17.2 Å². The molecule has 0 aliphatic carbocycles. The van der Waals surface area contributed by atoms with Gasteiger partial charge in [-0.1, -0.05) is 12.1 Å². The van der Waals surface area contributed by atoms with Gasteiger partial charge in [0.2, 0.25) is 0 Å². The fourth-order valence-electron chi connectivity index (χ4n) is 2.42. The van der Waals surface area contributed by atoms with Crippen LogP contribution in [0, 0.1) is 10.1 Å². The largest absolute Gasteiger partial charge is 0.508 e. The molecular weight excluding hydrogens is 366 g/mol. The van der Waals surface area contributed by atoms with Gasteiger partial charge in [0.1, 0.15) is 29.6 Å². The number of phenolic OH excluding ortho intramolecular Hbond substituents is 2. The fraction of sp³-hybridized carbons (Fsp3) is 0.0500. The predicted octanol–water partition coefficient (Wildman–Crippen LogP) is 4.07. The lowest BCUT2D eigenvalue weighted by Crippen LogP contribution is -1.97. The number of carbonyl (C=O) groups excluding carboxylic acids is 1. The molecule has 2 N–H and O–H groups in total. The molecule has 3 rings (SSSR count). The van der Waals surface area contributed by atoms with Gasteiger partial charge in [-0.05, 0) is 42.5 Å². The molecule has 8 heteroatoms. The number of hydrogen-bond donors (Lipinski definition) is 2. The molecule has 0 saturated carbocycles. The Morgan fingerprint density at radius 1 is 1.14 bits per heavy atom. The number of ether oxygens (including phenoxy) is 1. The minimum absolute atomic E-state index is 0.0224. The highest BCUT2D eigenvalue weighted by molar-refractivity contribution is 6.08. The van der Waals surface area contributed by atoms with Gasteiger partial charge in [-0.2, -0.15) is 0 Å². The first kappa shape index (κ1) is 18.7. The lowest BCUT2D eigenvalue weighted by Gasteiger charge is -2.04. The van der Waals surface area contributed by atoms with Crippen LogP contribution in [-0.4, -0.2) is 20.9 Å². The van der Waals surface area contributed by atoms with Crippen molar-refractivity contribution in [2.75, 3.05) is 0 Å². The van der Waals surface area contributed by atoms with E-state index in [4.69, 9.17) is 9.15 Å². The topological polar surface area (TPSA) is 123 Å². The van der Waals surface area contributed by atoms with E-state index in [1.807, 2.05) is 0 Å². The van der Waals surface area contributed by atoms with E-state index in [2.05, 4.69) is 0 Å². The van der Waals surface area contributed by atoms with Crippen LogP contribution in [-0.2, 0) is 6.61 Å². The molecule has 0 atom stereocenters. The van der Waals surface area contributed by atoms with Gasteiger partial charge < -0.3 is 19.4 Å². The first-order valence-electron chi connectivity index (χ1n) is 8.13. The summed E-state index contributed by atoms with van der Waals surface area (Å²) in [5.41, 5.74) is -0.103. The second kappa shape index (κ2) is 8.09. The number of nitrogens with zero attached hydrogens (tertiary/aromatic N) is 1. The third-order valence-electron chi connectivity index (χ3n) is 3.76. The Labute approximate surface area is 159 Å². The lowest BCUT2D eigenvalue weighted by molar-refractivity contribution is -0.386. The predicted molar refractivity (Wildman–Crippen MR) is 99.3 cm³/mol. The zero-order valence-electron chi connectivity index (χ0n) is 14.4. The van der Waals surface area contributed by atoms with Crippen LogP contribution in [0.25, 0.3) is 6.08 Å². The van der Waals surface area contributed by atoms with Gasteiger partial charge in [0.05, 0.1) is 10.5 Å². The van der Waals surface area contributed by atoms with Crippen LogP contribution < -0.4 is 4.74 Å². The zero-order chi connectivity index (χ0) is 20.1. The second-order valence-electron chi connectivity index (χ2n) is 5.72. The van der Waals surface area contributed by atoms with E-state index in [1.165, 1.54) is 36.4 Å². The Bertz CT molecular complexity index is 1050. The highest BCUT2D eigenvalue weighted by atomic mass is 16.6. The van der Waals surface area contributed by atoms with Crippen LogP contribution in [0.1, 0.15) is 21.9 Å². The van der Waals surface area contributed by atoms with E-state index in [9.17, 15) is 25.1 Å². The van der Waals surface area contributed by atoms with Crippen molar-refractivity contribution in [2.24, 2.45) is 0 Å². The van der Waals surface area contributed by atoms with Crippen molar-refractivity contribution >= 4 is 17.5 Å². The summed E-state index contributed by atoms with van der Waals surface area (Å²) >= 11 is 0. The van der Waals surface area contributed by atoms with E-state index in [0.717, 1.165) is 6.07 Å². The van der Waals surface area contributed by atoms with E-state index in [1.54, 1.807) is 24.3 Å². The van der Waals surface area contributed by atoms with Gasteiger partial charge in [-0.25, -0.2) is 0 Å². The smallest absolute Gasteiger partial charge is 0.310 e. The molecule has 8 nitrogen and oxygen atoms in total. The molecule has 0 fully saturated rings. The van der Waals surface area contributed by atoms with Crippen molar-refractivity contribution in [1.82, 2.24) is 0 Å². The lowest BCUT2D eigenvalue weighted by atomic mass is 10.1. The molecule has 3 aromatic rings. The Kier molecular flexibility index (Phi) is 5.40. The van der Waals surface area contributed by atoms with E-state index in [0.29, 0.717) is 11.5 Å². The Morgan fingerprint density at radius 2 is 1.93 bits per heavy atom. The molecule has 0 amide bonds. The number of furan rings is 1. The standard InChI is InChI=1S/C20H15NO7/c22-13-5-9-16(19(24)11-13)18(23)10-8-14-6-7-15(28-14)12-27-20-4-2-1-3-17(20)21(25)26/h1-11,22,24H,12H2/b10-8+. The summed E-state index contributed by atoms with van der Waals surface area (Å²) < 4.78 is 10.9. The number of rotatable bonds is 7.